The van der Waals surface area contributed by atoms with Gasteiger partial charge in [0.25, 0.3) is 0 Å². The molecule has 0 fully saturated rings. The molecular weight excluding hydrogens is 575 g/mol. The van der Waals surface area contributed by atoms with Crippen LogP contribution in [0.3, 0.4) is 0 Å². The minimum absolute atomic E-state index is 0.00197. The second-order valence-electron chi connectivity index (χ2n) is 10.1. The maximum atomic E-state index is 14.8. The minimum Gasteiger partial charge on any atom is -0.488 e. The first-order valence-corrected chi connectivity index (χ1v) is 14.9. The molecule has 3 rings (SSSR count). The van der Waals surface area contributed by atoms with Gasteiger partial charge in [0.15, 0.2) is 11.6 Å². The van der Waals surface area contributed by atoms with E-state index in [1.165, 1.54) is 17.7 Å². The number of pyridine rings is 1. The summed E-state index contributed by atoms with van der Waals surface area (Å²) in [6.07, 6.45) is 4.09. The second kappa shape index (κ2) is 20.1. The zero-order chi connectivity index (χ0) is 31.4. The van der Waals surface area contributed by atoms with Gasteiger partial charge in [-0.3, -0.25) is 9.59 Å². The van der Waals surface area contributed by atoms with Crippen LogP contribution in [0, 0.1) is 5.82 Å². The fraction of sp³-hybridized carbons (Fsp3) is 0.567. The van der Waals surface area contributed by atoms with Gasteiger partial charge in [0.1, 0.15) is 12.4 Å². The van der Waals surface area contributed by atoms with Gasteiger partial charge < -0.3 is 34.7 Å². The smallest absolute Gasteiger partial charge is 0.305 e. The largest absolute Gasteiger partial charge is 0.488 e. The van der Waals surface area contributed by atoms with E-state index in [2.05, 4.69) is 31.7 Å². The molecule has 1 aromatic heterocycles. The van der Waals surface area contributed by atoms with Crippen LogP contribution in [-0.4, -0.2) is 81.3 Å². The summed E-state index contributed by atoms with van der Waals surface area (Å²) in [5.74, 6) is -1.12. The van der Waals surface area contributed by atoms with Crippen LogP contribution in [0.4, 0.5) is 10.2 Å². The van der Waals surface area contributed by atoms with Crippen molar-refractivity contribution in [3.63, 3.8) is 0 Å². The molecule has 1 atom stereocenters. The summed E-state index contributed by atoms with van der Waals surface area (Å²) in [6.45, 7) is 3.28. The third-order valence-electron chi connectivity index (χ3n) is 6.74. The highest BCUT2D eigenvalue weighted by Gasteiger charge is 2.20. The summed E-state index contributed by atoms with van der Waals surface area (Å²) < 4.78 is 36.2. The van der Waals surface area contributed by atoms with Crippen molar-refractivity contribution in [1.82, 2.24) is 10.3 Å². The maximum Gasteiger partial charge on any atom is 0.305 e. The number of unbranched alkanes of at least 4 members (excludes halogenated alkanes) is 1. The first-order valence-electron chi connectivity index (χ1n) is 14.9. The summed E-state index contributed by atoms with van der Waals surface area (Å²) in [5.41, 5.74) is 10.7. The summed E-state index contributed by atoms with van der Waals surface area (Å²) in [7, 11) is 0. The number of ether oxygens (including phenoxy) is 4. The molecule has 1 unspecified atom stereocenters. The first kappa shape index (κ1) is 34.5. The lowest BCUT2D eigenvalue weighted by molar-refractivity contribution is -0.137. The number of carbonyl (C=O) groups is 2. The number of hydrogen-bond acceptors (Lipinski definition) is 9. The number of hydrogen-bond donors (Lipinski definition) is 3. The number of fused-ring (bicyclic) bond motifs is 1. The monoisotopic (exact) mass is 616 g/mol. The Morgan fingerprint density at radius 3 is 2.55 bits per heavy atom. The van der Waals surface area contributed by atoms with Crippen LogP contribution >= 0.6 is 0 Å². The van der Waals surface area contributed by atoms with E-state index in [4.69, 9.17) is 24.5 Å². The Labute approximate surface area is 256 Å². The fourth-order valence-electron chi connectivity index (χ4n) is 4.55. The molecule has 3 N–H and O–H groups in total. The standard InChI is InChI=1S/C30H41FN6O7/c31-25-20-23(8-10-27(25)44-19-18-43-17-16-42-15-14-41-13-12-34-37-32)26(21-29(39)40)36-28(38)6-2-1-5-24-9-7-22-4-3-11-33-30(22)35-24/h7-10,20,26H,1-6,11-19,21H2,(H,33,35)(H,36,38)(H,39,40). The summed E-state index contributed by atoms with van der Waals surface area (Å²) >= 11 is 0. The molecule has 0 saturated carbocycles. The molecule has 0 spiro atoms. The lowest BCUT2D eigenvalue weighted by atomic mass is 10.0. The lowest BCUT2D eigenvalue weighted by Gasteiger charge is -2.19. The molecule has 0 saturated heterocycles. The number of aryl methyl sites for hydroxylation is 2. The minimum atomic E-state index is -1.11. The number of azide groups is 1. The van der Waals surface area contributed by atoms with E-state index in [1.807, 2.05) is 6.07 Å². The number of nitrogens with one attached hydrogen (secondary N) is 2. The van der Waals surface area contributed by atoms with E-state index >= 15 is 0 Å². The summed E-state index contributed by atoms with van der Waals surface area (Å²) in [5, 5.41) is 18.8. The zero-order valence-corrected chi connectivity index (χ0v) is 24.8. The van der Waals surface area contributed by atoms with Gasteiger partial charge in [-0.2, -0.15) is 0 Å². The number of rotatable bonds is 22. The van der Waals surface area contributed by atoms with E-state index in [0.717, 1.165) is 43.7 Å². The average molecular weight is 617 g/mol. The van der Waals surface area contributed by atoms with Crippen molar-refractivity contribution in [3.05, 3.63) is 63.4 Å². The number of nitrogens with zero attached hydrogens (tertiary/aromatic N) is 4. The Balaban J connectivity index is 1.34. The molecule has 0 bridgehead atoms. The normalized spacial score (nSPS) is 12.8. The maximum absolute atomic E-state index is 14.8. The van der Waals surface area contributed by atoms with E-state index in [9.17, 15) is 19.1 Å². The van der Waals surface area contributed by atoms with Crippen molar-refractivity contribution in [3.8, 4) is 5.75 Å². The van der Waals surface area contributed by atoms with Gasteiger partial charge in [-0.05, 0) is 67.0 Å². The molecule has 1 amide bonds. The van der Waals surface area contributed by atoms with Crippen molar-refractivity contribution in [2.75, 3.05) is 64.7 Å². The van der Waals surface area contributed by atoms with Gasteiger partial charge in [-0.1, -0.05) is 17.2 Å². The molecule has 1 aliphatic heterocycles. The fourth-order valence-corrected chi connectivity index (χ4v) is 4.55. The molecule has 1 aromatic carbocycles. The molecule has 2 aromatic rings. The molecular formula is C30H41FN6O7. The number of aromatic nitrogens is 1. The molecule has 2 heterocycles. The van der Waals surface area contributed by atoms with Crippen LogP contribution in [0.5, 0.6) is 5.75 Å². The Kier molecular flexibility index (Phi) is 15.7. The van der Waals surface area contributed by atoms with E-state index in [-0.39, 0.29) is 44.3 Å². The van der Waals surface area contributed by atoms with Crippen molar-refractivity contribution < 1.29 is 38.0 Å². The van der Waals surface area contributed by atoms with Gasteiger partial charge in [0.2, 0.25) is 5.91 Å². The first-order chi connectivity index (χ1) is 21.5. The number of anilines is 1. The van der Waals surface area contributed by atoms with Gasteiger partial charge >= 0.3 is 5.97 Å². The van der Waals surface area contributed by atoms with Gasteiger partial charge in [0, 0.05) is 30.1 Å². The number of carboxylic acid groups (broad SMARTS) is 1. The van der Waals surface area contributed by atoms with Crippen LogP contribution < -0.4 is 15.4 Å². The highest BCUT2D eigenvalue weighted by Crippen LogP contribution is 2.25. The van der Waals surface area contributed by atoms with Crippen LogP contribution in [-0.2, 0) is 36.6 Å². The molecule has 44 heavy (non-hydrogen) atoms. The van der Waals surface area contributed by atoms with Crippen LogP contribution in [0.1, 0.15) is 55.0 Å². The molecule has 240 valence electrons. The van der Waals surface area contributed by atoms with E-state index in [0.29, 0.717) is 45.0 Å². The lowest BCUT2D eigenvalue weighted by Crippen LogP contribution is -2.30. The number of amides is 1. The van der Waals surface area contributed by atoms with Gasteiger partial charge in [-0.25, -0.2) is 9.37 Å². The number of carbonyl (C=O) groups excluding carboxylic acids is 1. The number of benzene rings is 1. The predicted octanol–water partition coefficient (Wildman–Crippen LogP) is 4.36. The quantitative estimate of drug-likeness (QED) is 0.0750. The van der Waals surface area contributed by atoms with Crippen molar-refractivity contribution in [2.45, 2.75) is 51.0 Å². The topological polar surface area (TPSA) is 177 Å². The SMILES string of the molecule is [N-]=[N+]=NCCOCCOCCOCCOc1ccc(C(CC(=O)O)NC(=O)CCCCc2ccc3c(n2)NCCC3)cc1F. The van der Waals surface area contributed by atoms with Gasteiger partial charge in [-0.15, -0.1) is 0 Å². The summed E-state index contributed by atoms with van der Waals surface area (Å²) in [6, 6.07) is 7.40. The third-order valence-corrected chi connectivity index (χ3v) is 6.74. The second-order valence-corrected chi connectivity index (χ2v) is 10.1. The zero-order valence-electron chi connectivity index (χ0n) is 24.8. The van der Waals surface area contributed by atoms with Crippen LogP contribution in [0.25, 0.3) is 10.4 Å². The highest BCUT2D eigenvalue weighted by molar-refractivity contribution is 5.77. The van der Waals surface area contributed by atoms with Crippen molar-refractivity contribution in [1.29, 1.82) is 0 Å². The molecule has 1 aliphatic rings. The molecule has 13 nitrogen and oxygen atoms in total. The third kappa shape index (κ3) is 13.1. The highest BCUT2D eigenvalue weighted by atomic mass is 19.1. The van der Waals surface area contributed by atoms with E-state index < -0.39 is 17.8 Å². The average Bonchev–Trinajstić information content (AvgIpc) is 3.01. The number of aliphatic carboxylic acids is 1. The predicted molar refractivity (Wildman–Crippen MR) is 160 cm³/mol. The molecule has 0 aliphatic carbocycles. The van der Waals surface area contributed by atoms with Crippen LogP contribution in [0.15, 0.2) is 35.4 Å². The Hall–Kier alpha value is -3.97. The van der Waals surface area contributed by atoms with Crippen LogP contribution in [0.2, 0.25) is 0 Å². The Morgan fingerprint density at radius 1 is 1.07 bits per heavy atom. The van der Waals surface area contributed by atoms with Gasteiger partial charge in [0.05, 0.1) is 52.1 Å². The molecule has 0 radical (unpaired) electrons. The summed E-state index contributed by atoms with van der Waals surface area (Å²) in [4.78, 5) is 31.4. The molecule has 14 heteroatoms. The Bertz CT molecular complexity index is 1240. The van der Waals surface area contributed by atoms with Crippen molar-refractivity contribution >= 4 is 17.7 Å². The van der Waals surface area contributed by atoms with E-state index in [1.54, 1.807) is 6.07 Å². The Morgan fingerprint density at radius 2 is 1.82 bits per heavy atom. The number of halogens is 1. The number of carboxylic acids is 1. The van der Waals surface area contributed by atoms with Crippen molar-refractivity contribution in [2.24, 2.45) is 5.11 Å².